The van der Waals surface area contributed by atoms with Crippen molar-refractivity contribution < 1.29 is 4.74 Å². The SMILES string of the molecule is CCCNCC1CCCN(Cc2cccnc2OC)C1. The van der Waals surface area contributed by atoms with Crippen molar-refractivity contribution in [2.24, 2.45) is 5.92 Å². The molecule has 20 heavy (non-hydrogen) atoms. The summed E-state index contributed by atoms with van der Waals surface area (Å²) < 4.78 is 5.34. The van der Waals surface area contributed by atoms with Crippen LogP contribution in [0, 0.1) is 5.92 Å². The number of methoxy groups -OCH3 is 1. The van der Waals surface area contributed by atoms with E-state index >= 15 is 0 Å². The molecule has 1 aromatic rings. The second-order valence-electron chi connectivity index (χ2n) is 5.62. The Morgan fingerprint density at radius 1 is 1.50 bits per heavy atom. The molecule has 0 radical (unpaired) electrons. The van der Waals surface area contributed by atoms with Crippen LogP contribution in [0.3, 0.4) is 0 Å². The van der Waals surface area contributed by atoms with Crippen molar-refractivity contribution in [2.75, 3.05) is 33.3 Å². The first-order chi connectivity index (χ1) is 9.83. The molecule has 0 saturated carbocycles. The van der Waals surface area contributed by atoms with Crippen LogP contribution in [0.15, 0.2) is 18.3 Å². The van der Waals surface area contributed by atoms with Crippen LogP contribution < -0.4 is 10.1 Å². The summed E-state index contributed by atoms with van der Waals surface area (Å²) in [5, 5.41) is 3.55. The van der Waals surface area contributed by atoms with E-state index in [2.05, 4.69) is 28.2 Å². The Bertz CT molecular complexity index is 397. The number of aromatic nitrogens is 1. The lowest BCUT2D eigenvalue weighted by Crippen LogP contribution is -2.39. The molecule has 1 N–H and O–H groups in total. The number of nitrogens with zero attached hydrogens (tertiary/aromatic N) is 2. The van der Waals surface area contributed by atoms with Gasteiger partial charge in [0.15, 0.2) is 0 Å². The summed E-state index contributed by atoms with van der Waals surface area (Å²) >= 11 is 0. The zero-order valence-corrected chi connectivity index (χ0v) is 12.8. The molecule has 1 unspecified atom stereocenters. The normalized spacial score (nSPS) is 20.0. The smallest absolute Gasteiger partial charge is 0.217 e. The van der Waals surface area contributed by atoms with Gasteiger partial charge in [-0.25, -0.2) is 4.98 Å². The van der Waals surface area contributed by atoms with Crippen LogP contribution in [0.2, 0.25) is 0 Å². The topological polar surface area (TPSA) is 37.4 Å². The molecule has 0 bridgehead atoms. The lowest BCUT2D eigenvalue weighted by atomic mass is 9.97. The van der Waals surface area contributed by atoms with E-state index in [4.69, 9.17) is 4.74 Å². The van der Waals surface area contributed by atoms with Crippen LogP contribution in [0.4, 0.5) is 0 Å². The third-order valence-electron chi connectivity index (χ3n) is 3.90. The van der Waals surface area contributed by atoms with Gasteiger partial charge in [-0.05, 0) is 50.9 Å². The van der Waals surface area contributed by atoms with Gasteiger partial charge in [0.2, 0.25) is 5.88 Å². The third-order valence-corrected chi connectivity index (χ3v) is 3.90. The van der Waals surface area contributed by atoms with Gasteiger partial charge < -0.3 is 10.1 Å². The standard InChI is InChI=1S/C16H27N3O/c1-3-8-17-11-14-6-5-10-19(12-14)13-15-7-4-9-18-16(15)20-2/h4,7,9,14,17H,3,5-6,8,10-13H2,1-2H3. The number of hydrogen-bond acceptors (Lipinski definition) is 4. The van der Waals surface area contributed by atoms with Crippen molar-refractivity contribution in [3.63, 3.8) is 0 Å². The highest BCUT2D eigenvalue weighted by molar-refractivity contribution is 5.25. The van der Waals surface area contributed by atoms with Crippen LogP contribution in [0.5, 0.6) is 5.88 Å². The Labute approximate surface area is 122 Å². The van der Waals surface area contributed by atoms with Crippen molar-refractivity contribution in [1.82, 2.24) is 15.2 Å². The van der Waals surface area contributed by atoms with E-state index in [-0.39, 0.29) is 0 Å². The van der Waals surface area contributed by atoms with E-state index in [0.717, 1.165) is 31.4 Å². The predicted octanol–water partition coefficient (Wildman–Crippen LogP) is 2.30. The van der Waals surface area contributed by atoms with E-state index in [1.807, 2.05) is 6.07 Å². The highest BCUT2D eigenvalue weighted by Crippen LogP contribution is 2.21. The molecule has 4 nitrogen and oxygen atoms in total. The fourth-order valence-electron chi connectivity index (χ4n) is 2.91. The fraction of sp³-hybridized carbons (Fsp3) is 0.688. The number of rotatable bonds is 7. The molecule has 1 aliphatic rings. The zero-order chi connectivity index (χ0) is 14.2. The van der Waals surface area contributed by atoms with Crippen molar-refractivity contribution in [3.05, 3.63) is 23.9 Å². The van der Waals surface area contributed by atoms with Gasteiger partial charge in [-0.15, -0.1) is 0 Å². The minimum absolute atomic E-state index is 0.763. The molecule has 1 saturated heterocycles. The summed E-state index contributed by atoms with van der Waals surface area (Å²) in [5.74, 6) is 1.54. The van der Waals surface area contributed by atoms with Crippen LogP contribution in [0.1, 0.15) is 31.7 Å². The molecular weight excluding hydrogens is 250 g/mol. The quantitative estimate of drug-likeness (QED) is 0.776. The average Bonchev–Trinajstić information content (AvgIpc) is 2.48. The van der Waals surface area contributed by atoms with Crippen molar-refractivity contribution >= 4 is 0 Å². The molecule has 0 spiro atoms. The number of ether oxygens (including phenoxy) is 1. The van der Waals surface area contributed by atoms with Gasteiger partial charge in [0.1, 0.15) is 0 Å². The van der Waals surface area contributed by atoms with Crippen molar-refractivity contribution in [3.8, 4) is 5.88 Å². The average molecular weight is 277 g/mol. The van der Waals surface area contributed by atoms with Crippen LogP contribution in [-0.4, -0.2) is 43.2 Å². The van der Waals surface area contributed by atoms with Crippen LogP contribution >= 0.6 is 0 Å². The van der Waals surface area contributed by atoms with Gasteiger partial charge >= 0.3 is 0 Å². The zero-order valence-electron chi connectivity index (χ0n) is 12.8. The lowest BCUT2D eigenvalue weighted by Gasteiger charge is -2.33. The molecule has 1 aromatic heterocycles. The Balaban J connectivity index is 1.86. The second-order valence-corrected chi connectivity index (χ2v) is 5.62. The van der Waals surface area contributed by atoms with Gasteiger partial charge in [0, 0.05) is 24.8 Å². The molecule has 2 heterocycles. The van der Waals surface area contributed by atoms with E-state index in [0.29, 0.717) is 0 Å². The maximum absolute atomic E-state index is 5.34. The molecule has 0 aliphatic carbocycles. The van der Waals surface area contributed by atoms with Crippen molar-refractivity contribution in [1.29, 1.82) is 0 Å². The molecule has 0 aromatic carbocycles. The molecule has 1 atom stereocenters. The summed E-state index contributed by atoms with van der Waals surface area (Å²) in [4.78, 5) is 6.81. The Morgan fingerprint density at radius 2 is 2.40 bits per heavy atom. The van der Waals surface area contributed by atoms with E-state index in [1.165, 1.54) is 37.9 Å². The first-order valence-electron chi connectivity index (χ1n) is 7.74. The van der Waals surface area contributed by atoms with E-state index in [9.17, 15) is 0 Å². The first kappa shape index (κ1) is 15.3. The maximum atomic E-state index is 5.34. The second kappa shape index (κ2) is 8.22. The van der Waals surface area contributed by atoms with Crippen LogP contribution in [0.25, 0.3) is 0 Å². The summed E-state index contributed by atoms with van der Waals surface area (Å²) in [7, 11) is 1.69. The molecule has 2 rings (SSSR count). The van der Waals surface area contributed by atoms with Gasteiger partial charge in [-0.2, -0.15) is 0 Å². The van der Waals surface area contributed by atoms with Crippen LogP contribution in [-0.2, 0) is 6.54 Å². The number of piperidine rings is 1. The summed E-state index contributed by atoms with van der Waals surface area (Å²) in [6, 6.07) is 4.10. The predicted molar refractivity (Wildman–Crippen MR) is 82.0 cm³/mol. The first-order valence-corrected chi connectivity index (χ1v) is 7.74. The summed E-state index contributed by atoms with van der Waals surface area (Å²) in [5.41, 5.74) is 1.19. The fourth-order valence-corrected chi connectivity index (χ4v) is 2.91. The summed E-state index contributed by atoms with van der Waals surface area (Å²) in [6.45, 7) is 7.80. The molecule has 1 fully saturated rings. The van der Waals surface area contributed by atoms with Gasteiger partial charge in [-0.3, -0.25) is 4.90 Å². The Morgan fingerprint density at radius 3 is 3.20 bits per heavy atom. The van der Waals surface area contributed by atoms with Gasteiger partial charge in [-0.1, -0.05) is 13.0 Å². The maximum Gasteiger partial charge on any atom is 0.217 e. The molecule has 4 heteroatoms. The molecular formula is C16H27N3O. The Hall–Kier alpha value is -1.13. The number of likely N-dealkylation sites (tertiary alicyclic amines) is 1. The van der Waals surface area contributed by atoms with Gasteiger partial charge in [0.05, 0.1) is 7.11 Å². The third kappa shape index (κ3) is 4.46. The highest BCUT2D eigenvalue weighted by Gasteiger charge is 2.20. The highest BCUT2D eigenvalue weighted by atomic mass is 16.5. The molecule has 1 aliphatic heterocycles. The molecule has 0 amide bonds. The minimum Gasteiger partial charge on any atom is -0.481 e. The van der Waals surface area contributed by atoms with E-state index < -0.39 is 0 Å². The molecule has 112 valence electrons. The van der Waals surface area contributed by atoms with Gasteiger partial charge in [0.25, 0.3) is 0 Å². The number of nitrogens with one attached hydrogen (secondary N) is 1. The number of pyridine rings is 1. The number of hydrogen-bond donors (Lipinski definition) is 1. The largest absolute Gasteiger partial charge is 0.481 e. The van der Waals surface area contributed by atoms with Crippen molar-refractivity contribution in [2.45, 2.75) is 32.7 Å². The monoisotopic (exact) mass is 277 g/mol. The lowest BCUT2D eigenvalue weighted by molar-refractivity contribution is 0.163. The minimum atomic E-state index is 0.763. The summed E-state index contributed by atoms with van der Waals surface area (Å²) in [6.07, 6.45) is 5.64. The van der Waals surface area contributed by atoms with E-state index in [1.54, 1.807) is 13.3 Å². The Kier molecular flexibility index (Phi) is 6.27.